The molecule has 0 spiro atoms. The van der Waals surface area contributed by atoms with E-state index >= 15 is 0 Å². The van der Waals surface area contributed by atoms with E-state index in [1.165, 1.54) is 12.1 Å². The number of rotatable bonds is 3. The predicted octanol–water partition coefficient (Wildman–Crippen LogP) is 3.78. The molecule has 0 amide bonds. The fourth-order valence-corrected chi connectivity index (χ4v) is 2.35. The van der Waals surface area contributed by atoms with Crippen LogP contribution in [0, 0.1) is 11.6 Å². The minimum atomic E-state index is -0.866. The van der Waals surface area contributed by atoms with E-state index in [0.29, 0.717) is 17.7 Å². The first kappa shape index (κ1) is 12.5. The molecule has 1 aromatic heterocycles. The largest absolute Gasteiger partial charge is 0.342 e. The Hall–Kier alpha value is -2.49. The van der Waals surface area contributed by atoms with Gasteiger partial charge in [0.25, 0.3) is 0 Å². The van der Waals surface area contributed by atoms with Crippen LogP contribution in [0.4, 0.5) is 8.78 Å². The van der Waals surface area contributed by atoms with E-state index in [2.05, 4.69) is 0 Å². The van der Waals surface area contributed by atoms with Crippen LogP contribution in [0.1, 0.15) is 15.9 Å². The number of benzene rings is 2. The van der Waals surface area contributed by atoms with Gasteiger partial charge in [0.2, 0.25) is 0 Å². The number of carbonyl (C=O) groups is 1. The maximum absolute atomic E-state index is 13.2. The molecule has 100 valence electrons. The molecule has 0 saturated heterocycles. The second-order valence-corrected chi connectivity index (χ2v) is 4.60. The molecule has 3 rings (SSSR count). The van der Waals surface area contributed by atoms with Crippen molar-refractivity contribution in [1.82, 2.24) is 4.57 Å². The minimum Gasteiger partial charge on any atom is -0.342 e. The summed E-state index contributed by atoms with van der Waals surface area (Å²) in [5.41, 5.74) is 2.02. The van der Waals surface area contributed by atoms with Crippen molar-refractivity contribution < 1.29 is 13.6 Å². The van der Waals surface area contributed by atoms with Crippen molar-refractivity contribution in [2.24, 2.45) is 0 Å². The molecule has 2 nitrogen and oxygen atoms in total. The number of carbonyl (C=O) groups excluding carboxylic acids is 1. The molecule has 0 radical (unpaired) electrons. The molecule has 0 saturated carbocycles. The molecule has 4 heteroatoms. The van der Waals surface area contributed by atoms with Crippen molar-refractivity contribution in [3.05, 3.63) is 71.4 Å². The van der Waals surface area contributed by atoms with Crippen molar-refractivity contribution in [3.8, 4) is 0 Å². The van der Waals surface area contributed by atoms with Gasteiger partial charge < -0.3 is 4.57 Å². The second-order valence-electron chi connectivity index (χ2n) is 4.60. The predicted molar refractivity (Wildman–Crippen MR) is 72.8 cm³/mol. The zero-order chi connectivity index (χ0) is 14.1. The number of aldehydes is 1. The molecule has 0 unspecified atom stereocenters. The Kier molecular flexibility index (Phi) is 3.06. The molecule has 0 N–H and O–H groups in total. The number of halogens is 2. The van der Waals surface area contributed by atoms with E-state index in [0.717, 1.165) is 23.3 Å². The molecule has 0 fully saturated rings. The van der Waals surface area contributed by atoms with Gasteiger partial charge in [-0.25, -0.2) is 8.78 Å². The van der Waals surface area contributed by atoms with Crippen molar-refractivity contribution >= 4 is 17.2 Å². The molecule has 0 aliphatic rings. The van der Waals surface area contributed by atoms with Gasteiger partial charge in [0, 0.05) is 23.7 Å². The lowest BCUT2D eigenvalue weighted by molar-refractivity contribution is 0.112. The topological polar surface area (TPSA) is 22.0 Å². The Bertz CT molecular complexity index is 792. The highest BCUT2D eigenvalue weighted by molar-refractivity contribution is 5.96. The maximum Gasteiger partial charge on any atom is 0.159 e. The molecule has 0 atom stereocenters. The highest BCUT2D eigenvalue weighted by Gasteiger charge is 2.08. The van der Waals surface area contributed by atoms with Gasteiger partial charge in [-0.05, 0) is 29.8 Å². The number of para-hydroxylation sites is 1. The first-order chi connectivity index (χ1) is 9.69. The normalized spacial score (nSPS) is 10.9. The zero-order valence-electron chi connectivity index (χ0n) is 10.5. The molecule has 20 heavy (non-hydrogen) atoms. The Labute approximate surface area is 114 Å². The maximum atomic E-state index is 13.2. The average Bonchev–Trinajstić information content (AvgIpc) is 2.86. The van der Waals surface area contributed by atoms with Crippen molar-refractivity contribution in [2.45, 2.75) is 6.54 Å². The van der Waals surface area contributed by atoms with Gasteiger partial charge in [-0.3, -0.25) is 4.79 Å². The fourth-order valence-electron chi connectivity index (χ4n) is 2.35. The first-order valence-electron chi connectivity index (χ1n) is 6.16. The Morgan fingerprint density at radius 1 is 1.05 bits per heavy atom. The third-order valence-corrected chi connectivity index (χ3v) is 3.28. The summed E-state index contributed by atoms with van der Waals surface area (Å²) >= 11 is 0. The second kappa shape index (κ2) is 4.89. The smallest absolute Gasteiger partial charge is 0.159 e. The molecule has 0 bridgehead atoms. The number of hydrogen-bond donors (Lipinski definition) is 0. The summed E-state index contributed by atoms with van der Waals surface area (Å²) in [7, 11) is 0. The first-order valence-corrected chi connectivity index (χ1v) is 6.16. The summed E-state index contributed by atoms with van der Waals surface area (Å²) in [4.78, 5) is 11.1. The van der Waals surface area contributed by atoms with E-state index in [9.17, 15) is 13.6 Å². The van der Waals surface area contributed by atoms with Crippen LogP contribution in [-0.2, 0) is 6.54 Å². The number of aromatic nitrogens is 1. The van der Waals surface area contributed by atoms with Gasteiger partial charge in [-0.1, -0.05) is 18.2 Å². The van der Waals surface area contributed by atoms with Crippen LogP contribution in [0.5, 0.6) is 0 Å². The molecule has 0 aliphatic carbocycles. The number of nitrogens with zero attached hydrogens (tertiary/aromatic N) is 1. The lowest BCUT2D eigenvalue weighted by atomic mass is 10.1. The van der Waals surface area contributed by atoms with Crippen LogP contribution in [0.15, 0.2) is 48.7 Å². The van der Waals surface area contributed by atoms with Gasteiger partial charge in [0.05, 0.1) is 5.52 Å². The van der Waals surface area contributed by atoms with E-state index in [4.69, 9.17) is 0 Å². The number of fused-ring (bicyclic) bond motifs is 1. The van der Waals surface area contributed by atoms with Crippen LogP contribution in [-0.4, -0.2) is 10.9 Å². The van der Waals surface area contributed by atoms with Gasteiger partial charge in [0.15, 0.2) is 17.9 Å². The Balaban J connectivity index is 2.06. The molecular formula is C16H11F2NO. The van der Waals surface area contributed by atoms with Crippen LogP contribution >= 0.6 is 0 Å². The van der Waals surface area contributed by atoms with Gasteiger partial charge in [0.1, 0.15) is 0 Å². The van der Waals surface area contributed by atoms with Crippen molar-refractivity contribution in [2.75, 3.05) is 0 Å². The van der Waals surface area contributed by atoms with Crippen LogP contribution in [0.25, 0.3) is 10.9 Å². The molecule has 3 aromatic rings. The standard InChI is InChI=1S/C16H11F2NO/c17-14-5-4-11(8-15(14)18)9-19-7-6-12-2-1-3-13(10-20)16(12)19/h1-8,10H,9H2. The highest BCUT2D eigenvalue weighted by Crippen LogP contribution is 2.21. The van der Waals surface area contributed by atoms with E-state index in [-0.39, 0.29) is 0 Å². The lowest BCUT2D eigenvalue weighted by Gasteiger charge is -2.07. The zero-order valence-corrected chi connectivity index (χ0v) is 10.5. The summed E-state index contributed by atoms with van der Waals surface area (Å²) in [6.07, 6.45) is 2.63. The van der Waals surface area contributed by atoms with Crippen molar-refractivity contribution in [3.63, 3.8) is 0 Å². The molecule has 1 heterocycles. The summed E-state index contributed by atoms with van der Waals surface area (Å²) in [5.74, 6) is -1.73. The number of hydrogen-bond acceptors (Lipinski definition) is 1. The van der Waals surface area contributed by atoms with Gasteiger partial charge >= 0.3 is 0 Å². The molecular weight excluding hydrogens is 260 g/mol. The van der Waals surface area contributed by atoms with E-state index in [1.807, 2.05) is 29.0 Å². The average molecular weight is 271 g/mol. The molecule has 2 aromatic carbocycles. The van der Waals surface area contributed by atoms with E-state index in [1.54, 1.807) is 6.07 Å². The van der Waals surface area contributed by atoms with Gasteiger partial charge in [-0.2, -0.15) is 0 Å². The fraction of sp³-hybridized carbons (Fsp3) is 0.0625. The van der Waals surface area contributed by atoms with Gasteiger partial charge in [-0.15, -0.1) is 0 Å². The van der Waals surface area contributed by atoms with Crippen molar-refractivity contribution in [1.29, 1.82) is 0 Å². The third-order valence-electron chi connectivity index (χ3n) is 3.28. The summed E-state index contributed by atoms with van der Waals surface area (Å²) in [6.45, 7) is 0.381. The summed E-state index contributed by atoms with van der Waals surface area (Å²) < 4.78 is 28.0. The Morgan fingerprint density at radius 3 is 2.65 bits per heavy atom. The molecule has 0 aliphatic heterocycles. The SMILES string of the molecule is O=Cc1cccc2ccn(Cc3ccc(F)c(F)c3)c12. The van der Waals surface area contributed by atoms with E-state index < -0.39 is 11.6 Å². The minimum absolute atomic E-state index is 0.381. The lowest BCUT2D eigenvalue weighted by Crippen LogP contribution is -2.01. The summed E-state index contributed by atoms with van der Waals surface area (Å²) in [6, 6.07) is 11.2. The van der Waals surface area contributed by atoms with Crippen LogP contribution < -0.4 is 0 Å². The quantitative estimate of drug-likeness (QED) is 0.664. The third kappa shape index (κ3) is 2.09. The van der Waals surface area contributed by atoms with Crippen LogP contribution in [0.3, 0.4) is 0 Å². The Morgan fingerprint density at radius 2 is 1.90 bits per heavy atom. The summed E-state index contributed by atoms with van der Waals surface area (Å²) in [5, 5.41) is 0.942. The monoisotopic (exact) mass is 271 g/mol. The van der Waals surface area contributed by atoms with Crippen LogP contribution in [0.2, 0.25) is 0 Å². The highest BCUT2D eigenvalue weighted by atomic mass is 19.2.